The molecule has 2 aromatic heterocycles. The first kappa shape index (κ1) is 34.4. The maximum absolute atomic E-state index is 2.46. The van der Waals surface area contributed by atoms with Gasteiger partial charge in [0.1, 0.15) is 0 Å². The summed E-state index contributed by atoms with van der Waals surface area (Å²) in [6, 6.07) is 77.9. The molecule has 284 valence electrons. The highest BCUT2D eigenvalue weighted by atomic mass is 15.2. The van der Waals surface area contributed by atoms with Crippen LogP contribution in [0.2, 0.25) is 0 Å². The molecular weight excluding hydrogens is 727 g/mol. The summed E-state index contributed by atoms with van der Waals surface area (Å²) >= 11 is 0. The standard InChI is InChI=1S/C57H41N3/c1-57(2)49-23-12-9-20-44(49)45-34-30-39(36-50(45)57)38-28-31-42(32-29-38)58(43-33-35-47-46-21-10-13-24-51(46)60(55(47)37-43)41-18-7-4-8-19-41)53-26-15-27-54-56(53)48-22-11-14-25-52(48)59(54)40-16-5-3-6-17-40/h3-37H,1-2H3. The van der Waals surface area contributed by atoms with Crippen LogP contribution in [0, 0.1) is 0 Å². The molecule has 9 aromatic carbocycles. The van der Waals surface area contributed by atoms with Crippen molar-refractivity contribution in [1.82, 2.24) is 9.13 Å². The summed E-state index contributed by atoms with van der Waals surface area (Å²) in [7, 11) is 0. The van der Waals surface area contributed by atoms with Crippen molar-refractivity contribution in [3.05, 3.63) is 223 Å². The Labute approximate surface area is 349 Å². The van der Waals surface area contributed by atoms with Crippen LogP contribution in [-0.4, -0.2) is 9.13 Å². The van der Waals surface area contributed by atoms with E-state index in [4.69, 9.17) is 0 Å². The molecule has 0 radical (unpaired) electrons. The van der Waals surface area contributed by atoms with Gasteiger partial charge >= 0.3 is 0 Å². The van der Waals surface area contributed by atoms with Gasteiger partial charge in [-0.2, -0.15) is 0 Å². The number of aromatic nitrogens is 2. The van der Waals surface area contributed by atoms with Crippen LogP contribution in [0.5, 0.6) is 0 Å². The fourth-order valence-corrected chi connectivity index (χ4v) is 10.1. The second-order valence-electron chi connectivity index (χ2n) is 16.6. The number of fused-ring (bicyclic) bond motifs is 9. The Morgan fingerprint density at radius 1 is 0.367 bits per heavy atom. The quantitative estimate of drug-likeness (QED) is 0.164. The molecule has 1 aliphatic rings. The number of anilines is 3. The van der Waals surface area contributed by atoms with Gasteiger partial charge in [0.15, 0.2) is 0 Å². The van der Waals surface area contributed by atoms with Crippen molar-refractivity contribution >= 4 is 60.7 Å². The first-order chi connectivity index (χ1) is 29.5. The monoisotopic (exact) mass is 767 g/mol. The molecule has 12 rings (SSSR count). The van der Waals surface area contributed by atoms with E-state index in [-0.39, 0.29) is 5.41 Å². The highest BCUT2D eigenvalue weighted by Gasteiger charge is 2.35. The van der Waals surface area contributed by atoms with Crippen LogP contribution in [0.15, 0.2) is 212 Å². The highest BCUT2D eigenvalue weighted by molar-refractivity contribution is 6.17. The molecule has 1 aliphatic carbocycles. The molecule has 3 nitrogen and oxygen atoms in total. The normalized spacial score (nSPS) is 13.0. The topological polar surface area (TPSA) is 13.1 Å². The van der Waals surface area contributed by atoms with Crippen molar-refractivity contribution in [2.75, 3.05) is 4.90 Å². The van der Waals surface area contributed by atoms with Gasteiger partial charge < -0.3 is 14.0 Å². The van der Waals surface area contributed by atoms with Crippen LogP contribution < -0.4 is 4.90 Å². The van der Waals surface area contributed by atoms with Crippen molar-refractivity contribution in [3.8, 4) is 33.6 Å². The van der Waals surface area contributed by atoms with Crippen LogP contribution in [0.1, 0.15) is 25.0 Å². The van der Waals surface area contributed by atoms with Gasteiger partial charge in [-0.3, -0.25) is 0 Å². The third-order valence-electron chi connectivity index (χ3n) is 12.9. The molecule has 0 fully saturated rings. The predicted molar refractivity (Wildman–Crippen MR) is 253 cm³/mol. The summed E-state index contributed by atoms with van der Waals surface area (Å²) in [5.74, 6) is 0. The molecule has 0 saturated heterocycles. The molecule has 0 amide bonds. The van der Waals surface area contributed by atoms with Crippen molar-refractivity contribution in [2.45, 2.75) is 19.3 Å². The molecule has 0 unspecified atom stereocenters. The Bertz CT molecular complexity index is 3440. The Balaban J connectivity index is 1.08. The van der Waals surface area contributed by atoms with Gasteiger partial charge in [-0.1, -0.05) is 147 Å². The number of rotatable bonds is 6. The van der Waals surface area contributed by atoms with Gasteiger partial charge in [0.05, 0.1) is 27.8 Å². The molecule has 60 heavy (non-hydrogen) atoms. The van der Waals surface area contributed by atoms with Gasteiger partial charge in [-0.25, -0.2) is 0 Å². The Morgan fingerprint density at radius 3 is 1.67 bits per heavy atom. The molecule has 0 bridgehead atoms. The zero-order valence-corrected chi connectivity index (χ0v) is 33.5. The van der Waals surface area contributed by atoms with E-state index in [2.05, 4.69) is 240 Å². The average molecular weight is 768 g/mol. The van der Waals surface area contributed by atoms with Crippen molar-refractivity contribution < 1.29 is 0 Å². The molecule has 2 heterocycles. The summed E-state index contributed by atoms with van der Waals surface area (Å²) in [6.07, 6.45) is 0. The summed E-state index contributed by atoms with van der Waals surface area (Å²) in [5.41, 5.74) is 18.2. The van der Waals surface area contributed by atoms with E-state index in [0.29, 0.717) is 0 Å². The minimum absolute atomic E-state index is 0.0584. The smallest absolute Gasteiger partial charge is 0.0562 e. The fraction of sp³-hybridized carbons (Fsp3) is 0.0526. The average Bonchev–Trinajstić information content (AvgIpc) is 3.90. The number of benzene rings is 9. The number of nitrogens with zero attached hydrogens (tertiary/aromatic N) is 3. The number of para-hydroxylation sites is 4. The first-order valence-electron chi connectivity index (χ1n) is 20.9. The Hall–Kier alpha value is -7.62. The molecule has 0 spiro atoms. The van der Waals surface area contributed by atoms with E-state index in [9.17, 15) is 0 Å². The molecular formula is C57H41N3. The fourth-order valence-electron chi connectivity index (χ4n) is 10.1. The van der Waals surface area contributed by atoms with E-state index in [1.54, 1.807) is 0 Å². The van der Waals surface area contributed by atoms with Crippen molar-refractivity contribution in [3.63, 3.8) is 0 Å². The lowest BCUT2D eigenvalue weighted by Gasteiger charge is -2.27. The van der Waals surface area contributed by atoms with Gasteiger partial charge in [0, 0.05) is 49.7 Å². The molecule has 11 aromatic rings. The summed E-state index contributed by atoms with van der Waals surface area (Å²) in [5, 5.41) is 4.90. The minimum Gasteiger partial charge on any atom is -0.310 e. The van der Waals surface area contributed by atoms with Gasteiger partial charge in [0.25, 0.3) is 0 Å². The number of hydrogen-bond donors (Lipinski definition) is 0. The van der Waals surface area contributed by atoms with E-state index in [1.807, 2.05) is 0 Å². The third-order valence-corrected chi connectivity index (χ3v) is 12.9. The van der Waals surface area contributed by atoms with Crippen molar-refractivity contribution in [2.24, 2.45) is 0 Å². The van der Waals surface area contributed by atoms with Gasteiger partial charge in [0.2, 0.25) is 0 Å². The lowest BCUT2D eigenvalue weighted by atomic mass is 9.81. The molecule has 0 atom stereocenters. The largest absolute Gasteiger partial charge is 0.310 e. The second kappa shape index (κ2) is 13.2. The Kier molecular flexibility index (Phi) is 7.58. The SMILES string of the molecule is CC1(C)c2ccccc2-c2ccc(-c3ccc(N(c4ccc5c6ccccc6n(-c6ccccc6)c5c4)c4cccc5c4c4ccccc4n5-c4ccccc4)cc3)cc21. The van der Waals surface area contributed by atoms with Crippen LogP contribution >= 0.6 is 0 Å². The van der Waals surface area contributed by atoms with Crippen LogP contribution in [0.4, 0.5) is 17.1 Å². The van der Waals surface area contributed by atoms with Gasteiger partial charge in [-0.15, -0.1) is 0 Å². The zero-order valence-electron chi connectivity index (χ0n) is 33.5. The lowest BCUT2D eigenvalue weighted by Crippen LogP contribution is -2.14. The maximum Gasteiger partial charge on any atom is 0.0562 e. The summed E-state index contributed by atoms with van der Waals surface area (Å²) in [6.45, 7) is 4.71. The Morgan fingerprint density at radius 2 is 0.917 bits per heavy atom. The zero-order chi connectivity index (χ0) is 40.0. The first-order valence-corrected chi connectivity index (χ1v) is 20.9. The second-order valence-corrected chi connectivity index (χ2v) is 16.6. The highest BCUT2D eigenvalue weighted by Crippen LogP contribution is 2.50. The third kappa shape index (κ3) is 5.09. The predicted octanol–water partition coefficient (Wildman–Crippen LogP) is 15.3. The molecule has 0 aliphatic heterocycles. The van der Waals surface area contributed by atoms with E-state index in [0.717, 1.165) is 28.4 Å². The van der Waals surface area contributed by atoms with Crippen molar-refractivity contribution in [1.29, 1.82) is 0 Å². The molecule has 0 N–H and O–H groups in total. The molecule has 3 heteroatoms. The summed E-state index contributed by atoms with van der Waals surface area (Å²) in [4.78, 5) is 2.46. The maximum atomic E-state index is 2.46. The lowest BCUT2D eigenvalue weighted by molar-refractivity contribution is 0.660. The molecule has 0 saturated carbocycles. The van der Waals surface area contributed by atoms with Crippen LogP contribution in [0.25, 0.3) is 77.2 Å². The van der Waals surface area contributed by atoms with E-state index >= 15 is 0 Å². The minimum atomic E-state index is -0.0584. The van der Waals surface area contributed by atoms with Crippen LogP contribution in [0.3, 0.4) is 0 Å². The summed E-state index contributed by atoms with van der Waals surface area (Å²) < 4.78 is 4.81. The van der Waals surface area contributed by atoms with Gasteiger partial charge in [-0.05, 0) is 112 Å². The van der Waals surface area contributed by atoms with E-state index in [1.165, 1.54) is 77.0 Å². The van der Waals surface area contributed by atoms with E-state index < -0.39 is 0 Å². The van der Waals surface area contributed by atoms with Crippen LogP contribution in [-0.2, 0) is 5.41 Å². The number of hydrogen-bond acceptors (Lipinski definition) is 1.